The van der Waals surface area contributed by atoms with E-state index < -0.39 is 5.97 Å². The van der Waals surface area contributed by atoms with E-state index in [1.165, 1.54) is 0 Å². The van der Waals surface area contributed by atoms with Gasteiger partial charge in [0.25, 0.3) is 0 Å². The third-order valence-corrected chi connectivity index (χ3v) is 3.52. The van der Waals surface area contributed by atoms with Crippen molar-refractivity contribution >= 4 is 23.4 Å². The molecule has 2 aromatic rings. The molecule has 0 spiro atoms. The Morgan fingerprint density at radius 1 is 1.26 bits per heavy atom. The molecule has 1 aromatic heterocycles. The van der Waals surface area contributed by atoms with Crippen molar-refractivity contribution in [2.75, 3.05) is 11.9 Å². The minimum absolute atomic E-state index is 0.161. The number of aryl methyl sites for hydroxylation is 1. The number of rotatable bonds is 7. The zero-order chi connectivity index (χ0) is 16.7. The van der Waals surface area contributed by atoms with Gasteiger partial charge in [-0.3, -0.25) is 0 Å². The maximum atomic E-state index is 12.0. The molecule has 6 heteroatoms. The van der Waals surface area contributed by atoms with Crippen LogP contribution in [0.3, 0.4) is 0 Å². The van der Waals surface area contributed by atoms with Gasteiger partial charge < -0.3 is 10.1 Å². The SMILES string of the molecule is CCCCOC(=O)c1nc(Cl)c(NCc2ccccc2)nc1C. The van der Waals surface area contributed by atoms with Gasteiger partial charge in [-0.1, -0.05) is 55.3 Å². The van der Waals surface area contributed by atoms with Gasteiger partial charge in [0.15, 0.2) is 16.7 Å². The minimum Gasteiger partial charge on any atom is -0.461 e. The fourth-order valence-corrected chi connectivity index (χ4v) is 2.16. The van der Waals surface area contributed by atoms with Gasteiger partial charge in [-0.05, 0) is 18.9 Å². The van der Waals surface area contributed by atoms with Gasteiger partial charge >= 0.3 is 5.97 Å². The topological polar surface area (TPSA) is 64.1 Å². The third kappa shape index (κ3) is 4.93. The second kappa shape index (κ2) is 8.48. The van der Waals surface area contributed by atoms with Crippen LogP contribution in [0.2, 0.25) is 5.15 Å². The van der Waals surface area contributed by atoms with Crippen LogP contribution in [0.5, 0.6) is 0 Å². The van der Waals surface area contributed by atoms with Crippen molar-refractivity contribution in [1.82, 2.24) is 9.97 Å². The van der Waals surface area contributed by atoms with Gasteiger partial charge in [0, 0.05) is 6.54 Å². The van der Waals surface area contributed by atoms with Gasteiger partial charge in [-0.25, -0.2) is 14.8 Å². The van der Waals surface area contributed by atoms with Gasteiger partial charge in [0.05, 0.1) is 12.3 Å². The average Bonchev–Trinajstić information content (AvgIpc) is 2.56. The fourth-order valence-electron chi connectivity index (χ4n) is 1.96. The summed E-state index contributed by atoms with van der Waals surface area (Å²) >= 11 is 6.13. The van der Waals surface area contributed by atoms with Crippen LogP contribution in [-0.2, 0) is 11.3 Å². The molecule has 0 aliphatic rings. The average molecular weight is 334 g/mol. The lowest BCUT2D eigenvalue weighted by Gasteiger charge is -2.11. The maximum Gasteiger partial charge on any atom is 0.358 e. The molecule has 0 unspecified atom stereocenters. The highest BCUT2D eigenvalue weighted by Crippen LogP contribution is 2.20. The zero-order valence-electron chi connectivity index (χ0n) is 13.3. The highest BCUT2D eigenvalue weighted by molar-refractivity contribution is 6.31. The van der Waals surface area contributed by atoms with Crippen molar-refractivity contribution in [3.8, 4) is 0 Å². The van der Waals surface area contributed by atoms with Gasteiger partial charge in [0.2, 0.25) is 0 Å². The Bertz CT molecular complexity index is 662. The number of carbonyl (C=O) groups is 1. The largest absolute Gasteiger partial charge is 0.461 e. The molecule has 1 aromatic carbocycles. The number of hydrogen-bond donors (Lipinski definition) is 1. The van der Waals surface area contributed by atoms with E-state index in [2.05, 4.69) is 15.3 Å². The first-order valence-corrected chi connectivity index (χ1v) is 7.98. The molecule has 23 heavy (non-hydrogen) atoms. The van der Waals surface area contributed by atoms with E-state index in [1.54, 1.807) is 6.92 Å². The number of ether oxygens (including phenoxy) is 1. The van der Waals surface area contributed by atoms with E-state index in [0.717, 1.165) is 18.4 Å². The van der Waals surface area contributed by atoms with Crippen LogP contribution in [0.15, 0.2) is 30.3 Å². The maximum absolute atomic E-state index is 12.0. The number of hydrogen-bond acceptors (Lipinski definition) is 5. The molecule has 5 nitrogen and oxygen atoms in total. The number of nitrogens with zero attached hydrogens (tertiary/aromatic N) is 2. The van der Waals surface area contributed by atoms with Crippen molar-refractivity contribution in [3.63, 3.8) is 0 Å². The number of halogens is 1. The Balaban J connectivity index is 2.06. The summed E-state index contributed by atoms with van der Waals surface area (Å²) < 4.78 is 5.15. The molecule has 0 bridgehead atoms. The van der Waals surface area contributed by atoms with Crippen molar-refractivity contribution in [2.45, 2.75) is 33.2 Å². The summed E-state index contributed by atoms with van der Waals surface area (Å²) in [5.41, 5.74) is 1.76. The molecule has 1 heterocycles. The van der Waals surface area contributed by atoms with E-state index in [-0.39, 0.29) is 10.8 Å². The summed E-state index contributed by atoms with van der Waals surface area (Å²) in [6.07, 6.45) is 1.78. The van der Waals surface area contributed by atoms with Crippen LogP contribution in [0.4, 0.5) is 5.82 Å². The molecule has 0 amide bonds. The predicted octanol–water partition coefficient (Wildman–Crippen LogP) is 4.01. The van der Waals surface area contributed by atoms with E-state index in [9.17, 15) is 4.79 Å². The smallest absolute Gasteiger partial charge is 0.358 e. The Morgan fingerprint density at radius 3 is 2.70 bits per heavy atom. The zero-order valence-corrected chi connectivity index (χ0v) is 14.1. The summed E-state index contributed by atoms with van der Waals surface area (Å²) in [7, 11) is 0. The molecule has 122 valence electrons. The van der Waals surface area contributed by atoms with Crippen LogP contribution in [-0.4, -0.2) is 22.5 Å². The molecule has 0 fully saturated rings. The van der Waals surface area contributed by atoms with Crippen molar-refractivity contribution in [1.29, 1.82) is 0 Å². The van der Waals surface area contributed by atoms with E-state index in [4.69, 9.17) is 16.3 Å². The highest BCUT2D eigenvalue weighted by atomic mass is 35.5. The first-order chi connectivity index (χ1) is 11.1. The molecular formula is C17H20ClN3O2. The summed E-state index contributed by atoms with van der Waals surface area (Å²) in [5, 5.41) is 3.29. The van der Waals surface area contributed by atoms with Crippen LogP contribution < -0.4 is 5.32 Å². The monoisotopic (exact) mass is 333 g/mol. The minimum atomic E-state index is -0.486. The fraction of sp³-hybridized carbons (Fsp3) is 0.353. The summed E-state index contributed by atoms with van der Waals surface area (Å²) in [6, 6.07) is 9.89. The van der Waals surface area contributed by atoms with Crippen LogP contribution in [0.1, 0.15) is 41.5 Å². The molecular weight excluding hydrogens is 314 g/mol. The molecule has 0 atom stereocenters. The lowest BCUT2D eigenvalue weighted by Crippen LogP contribution is -2.13. The van der Waals surface area contributed by atoms with Crippen LogP contribution >= 0.6 is 11.6 Å². The Hall–Kier alpha value is -2.14. The first-order valence-electron chi connectivity index (χ1n) is 7.61. The highest BCUT2D eigenvalue weighted by Gasteiger charge is 2.17. The van der Waals surface area contributed by atoms with Crippen LogP contribution in [0.25, 0.3) is 0 Å². The molecule has 0 radical (unpaired) electrons. The number of esters is 1. The van der Waals surface area contributed by atoms with E-state index in [0.29, 0.717) is 24.7 Å². The normalized spacial score (nSPS) is 10.4. The molecule has 1 N–H and O–H groups in total. The summed E-state index contributed by atoms with van der Waals surface area (Å²) in [4.78, 5) is 20.4. The molecule has 0 saturated carbocycles. The summed E-state index contributed by atoms with van der Waals surface area (Å²) in [6.45, 7) is 4.70. The van der Waals surface area contributed by atoms with Gasteiger partial charge in [0.1, 0.15) is 0 Å². The second-order valence-corrected chi connectivity index (χ2v) is 5.48. The van der Waals surface area contributed by atoms with Crippen molar-refractivity contribution in [2.24, 2.45) is 0 Å². The van der Waals surface area contributed by atoms with E-state index in [1.807, 2.05) is 37.3 Å². The Kier molecular flexibility index (Phi) is 6.35. The van der Waals surface area contributed by atoms with Crippen LogP contribution in [0, 0.1) is 6.92 Å². The Labute approximate surface area is 141 Å². The number of unbranched alkanes of at least 4 members (excludes halogenated alkanes) is 1. The number of nitrogens with one attached hydrogen (secondary N) is 1. The Morgan fingerprint density at radius 2 is 2.00 bits per heavy atom. The third-order valence-electron chi connectivity index (χ3n) is 3.25. The number of carbonyl (C=O) groups excluding carboxylic acids is 1. The predicted molar refractivity (Wildman–Crippen MR) is 90.7 cm³/mol. The van der Waals surface area contributed by atoms with E-state index >= 15 is 0 Å². The van der Waals surface area contributed by atoms with Crippen molar-refractivity contribution < 1.29 is 9.53 Å². The second-order valence-electron chi connectivity index (χ2n) is 5.13. The standard InChI is InChI=1S/C17H20ClN3O2/c1-3-4-10-23-17(22)14-12(2)20-16(15(18)21-14)19-11-13-8-6-5-7-9-13/h5-9H,3-4,10-11H2,1-2H3,(H,19,20). The lowest BCUT2D eigenvalue weighted by molar-refractivity contribution is 0.0491. The molecule has 0 aliphatic carbocycles. The van der Waals surface area contributed by atoms with Gasteiger partial charge in [-0.2, -0.15) is 0 Å². The van der Waals surface area contributed by atoms with Gasteiger partial charge in [-0.15, -0.1) is 0 Å². The number of aromatic nitrogens is 2. The quantitative estimate of drug-likeness (QED) is 0.612. The molecule has 2 rings (SSSR count). The van der Waals surface area contributed by atoms with Crippen molar-refractivity contribution in [3.05, 3.63) is 52.4 Å². The molecule has 0 aliphatic heterocycles. The lowest BCUT2D eigenvalue weighted by atomic mass is 10.2. The number of benzene rings is 1. The summed E-state index contributed by atoms with van der Waals surface area (Å²) in [5.74, 6) is -0.0295. The molecule has 0 saturated heterocycles. The number of anilines is 1. The first kappa shape index (κ1) is 17.2.